The van der Waals surface area contributed by atoms with E-state index in [1.54, 1.807) is 20.3 Å². The molecule has 0 radical (unpaired) electrons. The maximum absolute atomic E-state index is 13.7. The van der Waals surface area contributed by atoms with Crippen LogP contribution in [0.2, 0.25) is 0 Å². The van der Waals surface area contributed by atoms with Crippen molar-refractivity contribution < 1.29 is 24.1 Å². The van der Waals surface area contributed by atoms with Crippen LogP contribution in [0.4, 0.5) is 4.79 Å². The number of nitrogens with two attached hydrogens (primary N) is 1. The van der Waals surface area contributed by atoms with Gasteiger partial charge in [0.25, 0.3) is 0 Å². The predicted octanol–water partition coefficient (Wildman–Crippen LogP) is 5.69. The van der Waals surface area contributed by atoms with Crippen molar-refractivity contribution in [3.8, 4) is 22.6 Å². The third-order valence-electron chi connectivity index (χ3n) is 7.83. The van der Waals surface area contributed by atoms with E-state index in [0.717, 1.165) is 38.9 Å². The molecular formula is C35H38N2O5. The topological polar surface area (TPSA) is 94.2 Å². The molecule has 5 rings (SSSR count). The number of aryl methyl sites for hydroxylation is 1. The first-order valence-corrected chi connectivity index (χ1v) is 14.2. The van der Waals surface area contributed by atoms with Gasteiger partial charge in [-0.25, -0.2) is 4.79 Å². The Labute approximate surface area is 247 Å². The average Bonchev–Trinajstić information content (AvgIpc) is 3.32. The Morgan fingerprint density at radius 3 is 2.07 bits per heavy atom. The summed E-state index contributed by atoms with van der Waals surface area (Å²) >= 11 is 0. The Hall–Kier alpha value is -4.33. The monoisotopic (exact) mass is 566 g/mol. The van der Waals surface area contributed by atoms with E-state index in [2.05, 4.69) is 30.3 Å². The van der Waals surface area contributed by atoms with E-state index in [4.69, 9.17) is 19.9 Å². The Kier molecular flexibility index (Phi) is 9.10. The van der Waals surface area contributed by atoms with Crippen LogP contribution >= 0.6 is 0 Å². The second kappa shape index (κ2) is 13.1. The third-order valence-corrected chi connectivity index (χ3v) is 7.83. The molecule has 2 atom stereocenters. The number of fused-ring (bicyclic) bond motifs is 3. The zero-order chi connectivity index (χ0) is 29.6. The Morgan fingerprint density at radius 2 is 1.48 bits per heavy atom. The molecule has 3 N–H and O–H groups in total. The molecule has 0 spiro atoms. The number of hydrogen-bond acceptors (Lipinski definition) is 6. The number of benzene rings is 4. The summed E-state index contributed by atoms with van der Waals surface area (Å²) in [7, 11) is 3.16. The first-order valence-electron chi connectivity index (χ1n) is 14.2. The molecule has 0 saturated heterocycles. The molecular weight excluding hydrogens is 528 g/mol. The number of ether oxygens (including phenoxy) is 3. The van der Waals surface area contributed by atoms with Crippen LogP contribution in [0.1, 0.15) is 33.7 Å². The summed E-state index contributed by atoms with van der Waals surface area (Å²) in [6.07, 6.45) is -1.02. The van der Waals surface area contributed by atoms with Crippen LogP contribution < -0.4 is 15.2 Å². The molecule has 218 valence electrons. The van der Waals surface area contributed by atoms with E-state index in [-0.39, 0.29) is 25.6 Å². The first-order chi connectivity index (χ1) is 20.4. The number of carbonyl (C=O) groups is 1. The molecule has 0 aliphatic heterocycles. The Balaban J connectivity index is 1.35. The molecule has 7 nitrogen and oxygen atoms in total. The van der Waals surface area contributed by atoms with Crippen LogP contribution in [-0.4, -0.2) is 55.6 Å². The summed E-state index contributed by atoms with van der Waals surface area (Å²) < 4.78 is 16.8. The largest absolute Gasteiger partial charge is 0.497 e. The second-order valence-corrected chi connectivity index (χ2v) is 10.8. The lowest BCUT2D eigenvalue weighted by Crippen LogP contribution is -2.46. The van der Waals surface area contributed by atoms with Gasteiger partial charge in [-0.1, -0.05) is 78.4 Å². The minimum absolute atomic E-state index is 0.00316. The van der Waals surface area contributed by atoms with Crippen LogP contribution in [0.5, 0.6) is 11.5 Å². The molecule has 0 unspecified atom stereocenters. The van der Waals surface area contributed by atoms with Crippen molar-refractivity contribution >= 4 is 6.09 Å². The van der Waals surface area contributed by atoms with Gasteiger partial charge in [0, 0.05) is 24.6 Å². The molecule has 1 amide bonds. The Morgan fingerprint density at radius 1 is 0.857 bits per heavy atom. The third kappa shape index (κ3) is 6.59. The van der Waals surface area contributed by atoms with E-state index in [0.29, 0.717) is 17.9 Å². The lowest BCUT2D eigenvalue weighted by Gasteiger charge is -2.28. The van der Waals surface area contributed by atoms with Crippen molar-refractivity contribution in [3.63, 3.8) is 0 Å². The zero-order valence-electron chi connectivity index (χ0n) is 24.3. The van der Waals surface area contributed by atoms with Crippen LogP contribution in [0.3, 0.4) is 0 Å². The average molecular weight is 567 g/mol. The molecule has 0 heterocycles. The summed E-state index contributed by atoms with van der Waals surface area (Å²) in [4.78, 5) is 15.2. The van der Waals surface area contributed by atoms with Gasteiger partial charge in [-0.3, -0.25) is 0 Å². The highest BCUT2D eigenvalue weighted by Crippen LogP contribution is 2.44. The number of aliphatic hydroxyl groups is 1. The predicted molar refractivity (Wildman–Crippen MR) is 164 cm³/mol. The van der Waals surface area contributed by atoms with Crippen molar-refractivity contribution in [2.75, 3.05) is 27.4 Å². The maximum Gasteiger partial charge on any atom is 0.410 e. The van der Waals surface area contributed by atoms with Gasteiger partial charge in [0.15, 0.2) is 0 Å². The number of hydrogen-bond donors (Lipinski definition) is 2. The van der Waals surface area contributed by atoms with Gasteiger partial charge >= 0.3 is 6.09 Å². The quantitative estimate of drug-likeness (QED) is 0.242. The van der Waals surface area contributed by atoms with Crippen molar-refractivity contribution in [2.45, 2.75) is 38.0 Å². The summed E-state index contributed by atoms with van der Waals surface area (Å²) in [6.45, 7) is 2.38. The number of carbonyl (C=O) groups excluding carboxylic acids is 1. The fraction of sp³-hybridized carbons (Fsp3) is 0.286. The standard InChI is InChI=1S/C35H38N2O5/c1-23-9-8-10-24(15-23)18-33(36)34(38)21-37(20-25-16-26(40-2)19-27(17-25)41-3)35(39)42-22-32-30-13-6-4-11-28(30)29-12-5-7-14-31(29)32/h4-17,19,32-34,38H,18,20-22,36H2,1-3H3/t33-,34+/m0/s1. The van der Waals surface area contributed by atoms with Gasteiger partial charge in [-0.05, 0) is 58.9 Å². The highest BCUT2D eigenvalue weighted by atomic mass is 16.6. The van der Waals surface area contributed by atoms with Crippen LogP contribution in [-0.2, 0) is 17.7 Å². The van der Waals surface area contributed by atoms with Gasteiger partial charge < -0.3 is 30.0 Å². The molecule has 4 aromatic carbocycles. The number of amides is 1. The molecule has 0 fully saturated rings. The summed E-state index contributed by atoms with van der Waals surface area (Å²) in [6, 6.07) is 29.4. The molecule has 0 aromatic heterocycles. The fourth-order valence-corrected chi connectivity index (χ4v) is 5.68. The van der Waals surface area contributed by atoms with Gasteiger partial charge in [0.1, 0.15) is 18.1 Å². The van der Waals surface area contributed by atoms with Crippen LogP contribution in [0.25, 0.3) is 11.1 Å². The molecule has 1 aliphatic rings. The smallest absolute Gasteiger partial charge is 0.410 e. The second-order valence-electron chi connectivity index (χ2n) is 10.8. The first kappa shape index (κ1) is 29.2. The van der Waals surface area contributed by atoms with Gasteiger partial charge in [0.2, 0.25) is 0 Å². The molecule has 0 saturated carbocycles. The lowest BCUT2D eigenvalue weighted by atomic mass is 9.98. The summed E-state index contributed by atoms with van der Waals surface area (Å²) in [5.41, 5.74) is 14.0. The SMILES string of the molecule is COc1cc(CN(C[C@@H](O)[C@@H](N)Cc2cccc(C)c2)C(=O)OCC2c3ccccc3-c3ccccc32)cc(OC)c1. The minimum atomic E-state index is -0.974. The fourth-order valence-electron chi connectivity index (χ4n) is 5.68. The highest BCUT2D eigenvalue weighted by Gasteiger charge is 2.30. The summed E-state index contributed by atoms with van der Waals surface area (Å²) in [5, 5.41) is 11.2. The number of nitrogens with zero attached hydrogens (tertiary/aromatic N) is 1. The van der Waals surface area contributed by atoms with Gasteiger partial charge in [-0.2, -0.15) is 0 Å². The normalized spacial score (nSPS) is 13.5. The maximum atomic E-state index is 13.7. The van der Waals surface area contributed by atoms with Crippen molar-refractivity contribution in [3.05, 3.63) is 119 Å². The van der Waals surface area contributed by atoms with Crippen molar-refractivity contribution in [1.29, 1.82) is 0 Å². The molecule has 42 heavy (non-hydrogen) atoms. The molecule has 1 aliphatic carbocycles. The lowest BCUT2D eigenvalue weighted by molar-refractivity contribution is 0.0597. The van der Waals surface area contributed by atoms with Crippen molar-refractivity contribution in [1.82, 2.24) is 4.90 Å². The molecule has 0 bridgehead atoms. The minimum Gasteiger partial charge on any atom is -0.497 e. The van der Waals surface area contributed by atoms with E-state index < -0.39 is 18.2 Å². The zero-order valence-corrected chi connectivity index (χ0v) is 24.3. The van der Waals surface area contributed by atoms with E-state index in [9.17, 15) is 9.90 Å². The Bertz CT molecular complexity index is 1470. The highest BCUT2D eigenvalue weighted by molar-refractivity contribution is 5.79. The van der Waals surface area contributed by atoms with E-state index in [1.165, 1.54) is 4.90 Å². The van der Waals surface area contributed by atoms with E-state index in [1.807, 2.05) is 61.5 Å². The number of methoxy groups -OCH3 is 2. The summed E-state index contributed by atoms with van der Waals surface area (Å²) in [5.74, 6) is 1.13. The van der Waals surface area contributed by atoms with Crippen LogP contribution in [0, 0.1) is 6.92 Å². The van der Waals surface area contributed by atoms with Crippen molar-refractivity contribution in [2.24, 2.45) is 5.73 Å². The number of rotatable bonds is 11. The molecule has 4 aromatic rings. The van der Waals surface area contributed by atoms with Gasteiger partial charge in [0.05, 0.1) is 26.9 Å². The van der Waals surface area contributed by atoms with E-state index >= 15 is 0 Å². The van der Waals surface area contributed by atoms with Crippen LogP contribution in [0.15, 0.2) is 91.0 Å². The molecule has 7 heteroatoms. The van der Waals surface area contributed by atoms with Gasteiger partial charge in [-0.15, -0.1) is 0 Å². The number of aliphatic hydroxyl groups excluding tert-OH is 1.